The van der Waals surface area contributed by atoms with Crippen molar-refractivity contribution in [2.24, 2.45) is 7.05 Å². The summed E-state index contributed by atoms with van der Waals surface area (Å²) in [5.41, 5.74) is 10.7. The van der Waals surface area contributed by atoms with Gasteiger partial charge in [-0.2, -0.15) is 5.10 Å². The molecular weight excluding hydrogens is 166 g/mol. The molecule has 0 unspecified atom stereocenters. The van der Waals surface area contributed by atoms with Gasteiger partial charge in [-0.3, -0.25) is 0 Å². The summed E-state index contributed by atoms with van der Waals surface area (Å²) in [7, 11) is 5.71. The fraction of sp³-hybridized carbons (Fsp3) is 0.625. The normalized spacial score (nSPS) is 10.8. The van der Waals surface area contributed by atoms with Gasteiger partial charge < -0.3 is 11.2 Å². The second kappa shape index (κ2) is 3.66. The number of anilines is 2. The second-order valence-corrected chi connectivity index (χ2v) is 3.19. The van der Waals surface area contributed by atoms with Gasteiger partial charge in [0.05, 0.1) is 11.4 Å². The van der Waals surface area contributed by atoms with Crippen LogP contribution in [0, 0.1) is 0 Å². The molecule has 0 saturated heterocycles. The number of nitrogens with two attached hydrogens (primary N) is 1. The molecule has 3 N–H and O–H groups in total. The van der Waals surface area contributed by atoms with E-state index >= 15 is 0 Å². The van der Waals surface area contributed by atoms with Crippen LogP contribution in [0.15, 0.2) is 0 Å². The zero-order valence-electron chi connectivity index (χ0n) is 8.63. The lowest BCUT2D eigenvalue weighted by Gasteiger charge is -2.13. The van der Waals surface area contributed by atoms with Crippen molar-refractivity contribution in [3.8, 4) is 0 Å². The van der Waals surface area contributed by atoms with Crippen molar-refractivity contribution in [2.45, 2.75) is 13.3 Å². The number of hydrazine groups is 1. The van der Waals surface area contributed by atoms with E-state index in [1.807, 2.05) is 33.1 Å². The molecule has 0 saturated carbocycles. The molecule has 1 rings (SSSR count). The summed E-state index contributed by atoms with van der Waals surface area (Å²) in [6.07, 6.45) is 0.856. The molecule has 0 aromatic carbocycles. The van der Waals surface area contributed by atoms with Crippen LogP contribution in [-0.4, -0.2) is 28.9 Å². The highest BCUT2D eigenvalue weighted by molar-refractivity contribution is 5.64. The highest BCUT2D eigenvalue weighted by atomic mass is 15.5. The largest absolute Gasteiger partial charge is 0.394 e. The number of aryl methyl sites for hydroxylation is 2. The molecule has 1 heterocycles. The van der Waals surface area contributed by atoms with Crippen molar-refractivity contribution < 1.29 is 0 Å². The van der Waals surface area contributed by atoms with Gasteiger partial charge in [0.1, 0.15) is 0 Å². The van der Waals surface area contributed by atoms with E-state index in [0.29, 0.717) is 0 Å². The summed E-state index contributed by atoms with van der Waals surface area (Å²) in [6, 6.07) is 0. The number of hydrogen-bond acceptors (Lipinski definition) is 4. The predicted octanol–water partition coefficient (Wildman–Crippen LogP) is 0.453. The monoisotopic (exact) mass is 183 g/mol. The molecule has 0 aliphatic carbocycles. The van der Waals surface area contributed by atoms with Crippen molar-refractivity contribution in [2.75, 3.05) is 25.3 Å². The van der Waals surface area contributed by atoms with E-state index in [1.165, 1.54) is 0 Å². The van der Waals surface area contributed by atoms with E-state index in [2.05, 4.69) is 10.5 Å². The number of nitrogen functional groups attached to an aromatic ring is 1. The summed E-state index contributed by atoms with van der Waals surface area (Å²) in [5, 5.41) is 6.12. The van der Waals surface area contributed by atoms with Crippen molar-refractivity contribution in [3.05, 3.63) is 5.69 Å². The second-order valence-electron chi connectivity index (χ2n) is 3.19. The van der Waals surface area contributed by atoms with Crippen LogP contribution in [-0.2, 0) is 13.5 Å². The minimum Gasteiger partial charge on any atom is -0.394 e. The zero-order valence-corrected chi connectivity index (χ0v) is 8.63. The average Bonchev–Trinajstić information content (AvgIpc) is 2.31. The van der Waals surface area contributed by atoms with Gasteiger partial charge in [-0.05, 0) is 6.42 Å². The molecule has 5 nitrogen and oxygen atoms in total. The fourth-order valence-corrected chi connectivity index (χ4v) is 1.20. The molecule has 0 spiro atoms. The Morgan fingerprint density at radius 3 is 2.54 bits per heavy atom. The number of nitrogens with one attached hydrogen (secondary N) is 1. The van der Waals surface area contributed by atoms with Gasteiger partial charge in [-0.25, -0.2) is 9.69 Å². The Morgan fingerprint density at radius 1 is 1.54 bits per heavy atom. The molecule has 0 radical (unpaired) electrons. The first-order chi connectivity index (χ1) is 6.06. The van der Waals surface area contributed by atoms with Gasteiger partial charge in [-0.1, -0.05) is 6.92 Å². The Hall–Kier alpha value is -1.23. The molecule has 5 heteroatoms. The molecule has 0 atom stereocenters. The first-order valence-corrected chi connectivity index (χ1v) is 4.31. The molecule has 0 aliphatic rings. The molecule has 74 valence electrons. The third-order valence-electron chi connectivity index (χ3n) is 1.82. The van der Waals surface area contributed by atoms with E-state index in [4.69, 9.17) is 5.73 Å². The summed E-state index contributed by atoms with van der Waals surface area (Å²) in [5.74, 6) is 0.849. The van der Waals surface area contributed by atoms with Crippen LogP contribution < -0.4 is 11.2 Å². The van der Waals surface area contributed by atoms with E-state index in [9.17, 15) is 0 Å². The van der Waals surface area contributed by atoms with Gasteiger partial charge in [0.25, 0.3) is 0 Å². The van der Waals surface area contributed by atoms with Crippen LogP contribution >= 0.6 is 0 Å². The zero-order chi connectivity index (χ0) is 10.0. The van der Waals surface area contributed by atoms with Gasteiger partial charge in [0.15, 0.2) is 5.82 Å². The van der Waals surface area contributed by atoms with Gasteiger partial charge in [-0.15, -0.1) is 0 Å². The highest BCUT2D eigenvalue weighted by Crippen LogP contribution is 2.21. The Kier molecular flexibility index (Phi) is 2.77. The summed E-state index contributed by atoms with van der Waals surface area (Å²) >= 11 is 0. The lowest BCUT2D eigenvalue weighted by Crippen LogP contribution is -2.22. The molecule has 1 aromatic rings. The molecule has 1 aromatic heterocycles. The number of aromatic nitrogens is 2. The van der Waals surface area contributed by atoms with E-state index < -0.39 is 0 Å². The Balaban J connectivity index is 2.98. The fourth-order valence-electron chi connectivity index (χ4n) is 1.20. The maximum atomic E-state index is 5.89. The van der Waals surface area contributed by atoms with Gasteiger partial charge >= 0.3 is 0 Å². The molecule has 0 fully saturated rings. The van der Waals surface area contributed by atoms with Crippen LogP contribution in [0.25, 0.3) is 0 Å². The first kappa shape index (κ1) is 9.85. The maximum absolute atomic E-state index is 5.89. The maximum Gasteiger partial charge on any atom is 0.162 e. The van der Waals surface area contributed by atoms with E-state index in [0.717, 1.165) is 23.6 Å². The van der Waals surface area contributed by atoms with Crippen LogP contribution in [0.5, 0.6) is 0 Å². The summed E-state index contributed by atoms with van der Waals surface area (Å²) < 4.78 is 1.76. The minimum absolute atomic E-state index is 0.735. The van der Waals surface area contributed by atoms with Crippen molar-refractivity contribution in [1.29, 1.82) is 0 Å². The van der Waals surface area contributed by atoms with Crippen LogP contribution in [0.1, 0.15) is 12.6 Å². The predicted molar refractivity (Wildman–Crippen MR) is 54.3 cm³/mol. The van der Waals surface area contributed by atoms with Crippen LogP contribution in [0.3, 0.4) is 0 Å². The molecule has 13 heavy (non-hydrogen) atoms. The lowest BCUT2D eigenvalue weighted by atomic mass is 10.3. The Labute approximate surface area is 78.5 Å². The lowest BCUT2D eigenvalue weighted by molar-refractivity contribution is 0.486. The van der Waals surface area contributed by atoms with Crippen LogP contribution in [0.2, 0.25) is 0 Å². The number of rotatable bonds is 3. The van der Waals surface area contributed by atoms with Gasteiger partial charge in [0, 0.05) is 21.1 Å². The van der Waals surface area contributed by atoms with E-state index in [-0.39, 0.29) is 0 Å². The van der Waals surface area contributed by atoms with Crippen molar-refractivity contribution in [1.82, 2.24) is 14.8 Å². The molecule has 0 bridgehead atoms. The first-order valence-electron chi connectivity index (χ1n) is 4.31. The third-order valence-corrected chi connectivity index (χ3v) is 1.82. The number of hydrogen-bond donors (Lipinski definition) is 2. The summed E-state index contributed by atoms with van der Waals surface area (Å²) in [4.78, 5) is 0. The Morgan fingerprint density at radius 2 is 2.15 bits per heavy atom. The highest BCUT2D eigenvalue weighted by Gasteiger charge is 2.11. The van der Waals surface area contributed by atoms with Crippen molar-refractivity contribution in [3.63, 3.8) is 0 Å². The van der Waals surface area contributed by atoms with E-state index in [1.54, 1.807) is 4.68 Å². The van der Waals surface area contributed by atoms with Crippen molar-refractivity contribution >= 4 is 11.5 Å². The number of nitrogens with zero attached hydrogens (tertiary/aromatic N) is 3. The van der Waals surface area contributed by atoms with Crippen LogP contribution in [0.4, 0.5) is 11.5 Å². The molecule has 0 amide bonds. The molecular formula is C8H17N5. The van der Waals surface area contributed by atoms with Gasteiger partial charge in [0.2, 0.25) is 0 Å². The smallest absolute Gasteiger partial charge is 0.162 e. The topological polar surface area (TPSA) is 59.1 Å². The Bertz CT molecular complexity index is 289. The minimum atomic E-state index is 0.735. The molecule has 0 aliphatic heterocycles. The summed E-state index contributed by atoms with van der Waals surface area (Å²) in [6.45, 7) is 2.04. The SMILES string of the molecule is CCc1nn(C)c(NN(C)C)c1N. The third kappa shape index (κ3) is 1.92. The quantitative estimate of drug-likeness (QED) is 0.668. The standard InChI is InChI=1S/C8H17N5/c1-5-6-7(9)8(11-12(2)3)13(4)10-6/h11H,5,9H2,1-4H3. The average molecular weight is 183 g/mol.